The van der Waals surface area contributed by atoms with Gasteiger partial charge in [-0.2, -0.15) is 0 Å². The Hall–Kier alpha value is -0.230. The molecule has 1 aromatic rings. The van der Waals surface area contributed by atoms with E-state index in [1.165, 1.54) is 6.07 Å². The van der Waals surface area contributed by atoms with E-state index in [0.717, 1.165) is 26.1 Å². The fourth-order valence-electron chi connectivity index (χ4n) is 1.83. The summed E-state index contributed by atoms with van der Waals surface area (Å²) in [7, 11) is 0. The van der Waals surface area contributed by atoms with Crippen molar-refractivity contribution in [2.75, 3.05) is 13.2 Å². The lowest BCUT2D eigenvalue weighted by Crippen LogP contribution is -2.20. The molecule has 2 heterocycles. The summed E-state index contributed by atoms with van der Waals surface area (Å²) in [6, 6.07) is 3.11. The Morgan fingerprint density at radius 1 is 1.47 bits per heavy atom. The standard InChI is InChI=1S/C11H13FINO/c12-9-2-1-5-14-11(9)10(13)8-3-6-15-7-4-8/h1-2,5,8,10H,3-4,6-7H2/t10-/m0/s1. The van der Waals surface area contributed by atoms with E-state index in [9.17, 15) is 4.39 Å². The van der Waals surface area contributed by atoms with Crippen molar-refractivity contribution < 1.29 is 9.13 Å². The molecule has 1 aliphatic heterocycles. The van der Waals surface area contributed by atoms with E-state index in [4.69, 9.17) is 4.74 Å². The molecule has 82 valence electrons. The van der Waals surface area contributed by atoms with Gasteiger partial charge < -0.3 is 4.74 Å². The van der Waals surface area contributed by atoms with Crippen LogP contribution in [0.2, 0.25) is 0 Å². The maximum absolute atomic E-state index is 13.5. The predicted molar refractivity (Wildman–Crippen MR) is 64.5 cm³/mol. The molecule has 0 saturated carbocycles. The number of halogens is 2. The third-order valence-corrected chi connectivity index (χ3v) is 4.33. The lowest BCUT2D eigenvalue weighted by molar-refractivity contribution is 0.0664. The van der Waals surface area contributed by atoms with Crippen LogP contribution in [0.5, 0.6) is 0 Å². The SMILES string of the molecule is Fc1cccnc1[C@@H](I)C1CCOCC1. The van der Waals surface area contributed by atoms with Gasteiger partial charge in [-0.15, -0.1) is 0 Å². The largest absolute Gasteiger partial charge is 0.381 e. The Balaban J connectivity index is 2.12. The zero-order valence-electron chi connectivity index (χ0n) is 8.33. The summed E-state index contributed by atoms with van der Waals surface area (Å²) >= 11 is 2.29. The molecule has 2 rings (SSSR count). The molecule has 15 heavy (non-hydrogen) atoms. The Labute approximate surface area is 102 Å². The van der Waals surface area contributed by atoms with Crippen LogP contribution in [0, 0.1) is 11.7 Å². The van der Waals surface area contributed by atoms with Crippen LogP contribution >= 0.6 is 22.6 Å². The van der Waals surface area contributed by atoms with Crippen LogP contribution in [0.15, 0.2) is 18.3 Å². The van der Waals surface area contributed by atoms with Crippen molar-refractivity contribution in [3.8, 4) is 0 Å². The zero-order chi connectivity index (χ0) is 10.7. The molecule has 0 amide bonds. The first-order chi connectivity index (χ1) is 7.29. The van der Waals surface area contributed by atoms with Gasteiger partial charge >= 0.3 is 0 Å². The second-order valence-electron chi connectivity index (χ2n) is 3.72. The number of alkyl halides is 1. The van der Waals surface area contributed by atoms with Crippen LogP contribution in [0.3, 0.4) is 0 Å². The predicted octanol–water partition coefficient (Wildman–Crippen LogP) is 3.12. The molecule has 1 saturated heterocycles. The van der Waals surface area contributed by atoms with E-state index in [2.05, 4.69) is 27.6 Å². The first-order valence-corrected chi connectivity index (χ1v) is 6.36. The first kappa shape index (κ1) is 11.3. The lowest BCUT2D eigenvalue weighted by atomic mass is 9.94. The van der Waals surface area contributed by atoms with Gasteiger partial charge in [0.05, 0.1) is 9.62 Å². The van der Waals surface area contributed by atoms with Gasteiger partial charge in [-0.25, -0.2) is 4.39 Å². The Kier molecular flexibility index (Phi) is 3.91. The Bertz CT molecular complexity index is 328. The van der Waals surface area contributed by atoms with Crippen LogP contribution < -0.4 is 0 Å². The Morgan fingerprint density at radius 2 is 2.20 bits per heavy atom. The summed E-state index contributed by atoms with van der Waals surface area (Å²) in [5, 5.41) is 0. The van der Waals surface area contributed by atoms with Gasteiger partial charge in [0.2, 0.25) is 0 Å². The van der Waals surface area contributed by atoms with Crippen molar-refractivity contribution in [2.45, 2.75) is 16.8 Å². The van der Waals surface area contributed by atoms with Gasteiger partial charge in [0, 0.05) is 19.4 Å². The number of hydrogen-bond donors (Lipinski definition) is 0. The molecule has 1 atom stereocenters. The zero-order valence-corrected chi connectivity index (χ0v) is 10.5. The second-order valence-corrected chi connectivity index (χ2v) is 5.06. The molecule has 0 unspecified atom stereocenters. The summed E-state index contributed by atoms with van der Waals surface area (Å²) < 4.78 is 19.0. The molecule has 0 aromatic carbocycles. The number of hydrogen-bond acceptors (Lipinski definition) is 2. The molecule has 1 aliphatic rings. The van der Waals surface area contributed by atoms with Gasteiger partial charge in [-0.05, 0) is 30.9 Å². The second kappa shape index (κ2) is 5.21. The summed E-state index contributed by atoms with van der Waals surface area (Å²) in [6.07, 6.45) is 3.66. The fraction of sp³-hybridized carbons (Fsp3) is 0.545. The summed E-state index contributed by atoms with van der Waals surface area (Å²) in [5.41, 5.74) is 0.588. The fourth-order valence-corrected chi connectivity index (χ4v) is 3.01. The third-order valence-electron chi connectivity index (χ3n) is 2.73. The minimum Gasteiger partial charge on any atom is -0.381 e. The highest BCUT2D eigenvalue weighted by atomic mass is 127. The average molecular weight is 321 g/mol. The molecule has 0 radical (unpaired) electrons. The van der Waals surface area contributed by atoms with Gasteiger partial charge in [0.25, 0.3) is 0 Å². The highest BCUT2D eigenvalue weighted by Crippen LogP contribution is 2.37. The van der Waals surface area contributed by atoms with Crippen LogP contribution in [0.25, 0.3) is 0 Å². The van der Waals surface area contributed by atoms with Crippen LogP contribution in [0.4, 0.5) is 4.39 Å². The molecular formula is C11H13FINO. The Morgan fingerprint density at radius 3 is 2.87 bits per heavy atom. The minimum atomic E-state index is -0.191. The van der Waals surface area contributed by atoms with E-state index < -0.39 is 0 Å². The van der Waals surface area contributed by atoms with Crippen molar-refractivity contribution in [3.63, 3.8) is 0 Å². The first-order valence-electron chi connectivity index (χ1n) is 5.11. The van der Waals surface area contributed by atoms with Gasteiger partial charge in [0.15, 0.2) is 0 Å². The number of nitrogens with zero attached hydrogens (tertiary/aromatic N) is 1. The average Bonchev–Trinajstić information content (AvgIpc) is 2.30. The topological polar surface area (TPSA) is 22.1 Å². The number of ether oxygens (including phenoxy) is 1. The molecule has 4 heteroatoms. The summed E-state index contributed by atoms with van der Waals surface area (Å²) in [5.74, 6) is 0.298. The molecule has 1 aromatic heterocycles. The van der Waals surface area contributed by atoms with Crippen LogP contribution in [-0.2, 0) is 4.74 Å². The van der Waals surface area contributed by atoms with Crippen LogP contribution in [-0.4, -0.2) is 18.2 Å². The van der Waals surface area contributed by atoms with E-state index in [-0.39, 0.29) is 9.74 Å². The molecule has 2 nitrogen and oxygen atoms in total. The van der Waals surface area contributed by atoms with Gasteiger partial charge in [-0.1, -0.05) is 22.6 Å². The molecule has 0 aliphatic carbocycles. The molecular weight excluding hydrogens is 308 g/mol. The number of pyridine rings is 1. The number of aromatic nitrogens is 1. The van der Waals surface area contributed by atoms with E-state index in [1.807, 2.05) is 0 Å². The monoisotopic (exact) mass is 321 g/mol. The highest BCUT2D eigenvalue weighted by molar-refractivity contribution is 14.1. The van der Waals surface area contributed by atoms with Crippen molar-refractivity contribution >= 4 is 22.6 Å². The van der Waals surface area contributed by atoms with Gasteiger partial charge in [0.1, 0.15) is 5.82 Å². The van der Waals surface area contributed by atoms with Crippen molar-refractivity contribution in [3.05, 3.63) is 29.8 Å². The molecule has 0 spiro atoms. The molecule has 1 fully saturated rings. The normalized spacial score (nSPS) is 20.1. The van der Waals surface area contributed by atoms with Crippen molar-refractivity contribution in [2.24, 2.45) is 5.92 Å². The summed E-state index contributed by atoms with van der Waals surface area (Å²) in [6.45, 7) is 1.58. The maximum atomic E-state index is 13.5. The molecule has 0 bridgehead atoms. The van der Waals surface area contributed by atoms with Crippen LogP contribution in [0.1, 0.15) is 22.5 Å². The van der Waals surface area contributed by atoms with Crippen molar-refractivity contribution in [1.82, 2.24) is 4.98 Å². The van der Waals surface area contributed by atoms with Crippen molar-refractivity contribution in [1.29, 1.82) is 0 Å². The highest BCUT2D eigenvalue weighted by Gasteiger charge is 2.25. The molecule has 0 N–H and O–H groups in total. The summed E-state index contributed by atoms with van der Waals surface area (Å²) in [4.78, 5) is 4.13. The van der Waals surface area contributed by atoms with E-state index in [0.29, 0.717) is 11.6 Å². The maximum Gasteiger partial charge on any atom is 0.145 e. The lowest BCUT2D eigenvalue weighted by Gasteiger charge is -2.26. The third kappa shape index (κ3) is 2.66. The number of rotatable bonds is 2. The quantitative estimate of drug-likeness (QED) is 0.617. The van der Waals surface area contributed by atoms with E-state index in [1.54, 1.807) is 12.3 Å². The minimum absolute atomic E-state index is 0.160. The smallest absolute Gasteiger partial charge is 0.145 e. The van der Waals surface area contributed by atoms with Gasteiger partial charge in [-0.3, -0.25) is 4.98 Å². The van der Waals surface area contributed by atoms with E-state index >= 15 is 0 Å².